The van der Waals surface area contributed by atoms with Crippen LogP contribution in [0.2, 0.25) is 0 Å². The van der Waals surface area contributed by atoms with E-state index in [2.05, 4.69) is 21.3 Å². The monoisotopic (exact) mass is 318 g/mol. The molecule has 3 rings (SSSR count). The highest BCUT2D eigenvalue weighted by atomic mass is 32.2. The molecule has 21 heavy (non-hydrogen) atoms. The number of nitrogens with one attached hydrogen (secondary N) is 1. The van der Waals surface area contributed by atoms with E-state index in [-0.39, 0.29) is 5.91 Å². The van der Waals surface area contributed by atoms with Gasteiger partial charge < -0.3 is 10.2 Å². The minimum absolute atomic E-state index is 0.0900. The fraction of sp³-hybridized carbons (Fsp3) is 0.357. The van der Waals surface area contributed by atoms with E-state index in [0.29, 0.717) is 17.0 Å². The van der Waals surface area contributed by atoms with Crippen LogP contribution in [0.5, 0.6) is 0 Å². The van der Waals surface area contributed by atoms with Gasteiger partial charge in [0, 0.05) is 17.1 Å². The number of anilines is 1. The molecule has 1 aromatic heterocycles. The van der Waals surface area contributed by atoms with E-state index in [0.717, 1.165) is 34.4 Å². The fourth-order valence-electron chi connectivity index (χ4n) is 2.30. The van der Waals surface area contributed by atoms with Crippen molar-refractivity contribution in [3.63, 3.8) is 0 Å². The number of carbonyl (C=O) groups is 1. The molecule has 5 nitrogen and oxygen atoms in total. The van der Waals surface area contributed by atoms with Gasteiger partial charge in [-0.2, -0.15) is 5.26 Å². The number of hydrogen-bond donors (Lipinski definition) is 1. The Bertz CT molecular complexity index is 711. The lowest BCUT2D eigenvalue weighted by Crippen LogP contribution is -2.24. The number of aliphatic imine (C=N–C) groups is 1. The molecule has 0 fully saturated rings. The van der Waals surface area contributed by atoms with Crippen molar-refractivity contribution in [3.8, 4) is 6.07 Å². The number of nitrogens with zero attached hydrogens (tertiary/aromatic N) is 3. The predicted octanol–water partition coefficient (Wildman–Crippen LogP) is 2.83. The zero-order chi connectivity index (χ0) is 15.0. The Morgan fingerprint density at radius 3 is 3.14 bits per heavy atom. The normalized spacial score (nSPS) is 16.3. The van der Waals surface area contributed by atoms with Gasteiger partial charge in [0.15, 0.2) is 5.17 Å². The maximum atomic E-state index is 12.2. The molecule has 2 aliphatic rings. The van der Waals surface area contributed by atoms with Crippen LogP contribution in [0.15, 0.2) is 16.1 Å². The van der Waals surface area contributed by atoms with Crippen molar-refractivity contribution in [2.75, 3.05) is 18.4 Å². The second kappa shape index (κ2) is 5.54. The Kier molecular flexibility index (Phi) is 3.74. The van der Waals surface area contributed by atoms with Crippen molar-refractivity contribution in [1.29, 1.82) is 5.26 Å². The molecule has 0 saturated heterocycles. The molecule has 3 heterocycles. The smallest absolute Gasteiger partial charge is 0.230 e. The molecule has 1 amide bonds. The Hall–Kier alpha value is -1.78. The van der Waals surface area contributed by atoms with Crippen molar-refractivity contribution in [3.05, 3.63) is 27.1 Å². The van der Waals surface area contributed by atoms with Gasteiger partial charge >= 0.3 is 0 Å². The fourth-order valence-corrected chi connectivity index (χ4v) is 4.28. The summed E-state index contributed by atoms with van der Waals surface area (Å²) in [6.45, 7) is 5.51. The molecule has 2 aliphatic heterocycles. The summed E-state index contributed by atoms with van der Waals surface area (Å²) in [7, 11) is 0. The van der Waals surface area contributed by atoms with Crippen molar-refractivity contribution < 1.29 is 4.79 Å². The molecule has 0 atom stereocenters. The number of carbonyl (C=O) groups excluding carboxylic acids is 1. The highest BCUT2D eigenvalue weighted by Gasteiger charge is 2.27. The molecule has 0 bridgehead atoms. The van der Waals surface area contributed by atoms with Crippen LogP contribution in [0.4, 0.5) is 5.00 Å². The second-order valence-corrected chi connectivity index (χ2v) is 6.93. The first-order valence-electron chi connectivity index (χ1n) is 6.57. The zero-order valence-electron chi connectivity index (χ0n) is 11.8. The summed E-state index contributed by atoms with van der Waals surface area (Å²) in [5.74, 6) is -0.0900. The molecule has 108 valence electrons. The van der Waals surface area contributed by atoms with Gasteiger partial charge in [0.2, 0.25) is 5.91 Å². The van der Waals surface area contributed by atoms with Crippen molar-refractivity contribution in [1.82, 2.24) is 4.90 Å². The summed E-state index contributed by atoms with van der Waals surface area (Å²) in [6.07, 6.45) is 0.312. The van der Waals surface area contributed by atoms with Crippen LogP contribution in [-0.4, -0.2) is 29.1 Å². The molecule has 7 heteroatoms. The topological polar surface area (TPSA) is 68.5 Å². The van der Waals surface area contributed by atoms with E-state index in [9.17, 15) is 10.1 Å². The summed E-state index contributed by atoms with van der Waals surface area (Å²) >= 11 is 3.02. The minimum Gasteiger partial charge on any atom is -0.322 e. The molecular formula is C14H14N4OS2. The Labute approximate surface area is 131 Å². The largest absolute Gasteiger partial charge is 0.322 e. The maximum Gasteiger partial charge on any atom is 0.230 e. The lowest BCUT2D eigenvalue weighted by Gasteiger charge is -2.15. The van der Waals surface area contributed by atoms with Crippen LogP contribution in [0.3, 0.4) is 0 Å². The van der Waals surface area contributed by atoms with E-state index in [1.807, 2.05) is 19.3 Å². The first-order chi connectivity index (χ1) is 10.1. The standard InChI is InChI=1S/C14H14N4OS2/c1-8-9(2)21-13(11(8)6-15)17-12(19)5-10-7-20-14-16-3-4-18(10)14/h7H,3-5H2,1-2H3,(H,17,19). The Morgan fingerprint density at radius 1 is 1.57 bits per heavy atom. The van der Waals surface area contributed by atoms with Crippen molar-refractivity contribution in [2.24, 2.45) is 4.99 Å². The number of fused-ring (bicyclic) bond motifs is 1. The van der Waals surface area contributed by atoms with Gasteiger partial charge in [-0.3, -0.25) is 9.79 Å². The van der Waals surface area contributed by atoms with E-state index in [1.165, 1.54) is 11.3 Å². The van der Waals surface area contributed by atoms with Crippen LogP contribution in [0.25, 0.3) is 0 Å². The summed E-state index contributed by atoms with van der Waals surface area (Å²) in [4.78, 5) is 19.7. The summed E-state index contributed by atoms with van der Waals surface area (Å²) in [6, 6.07) is 2.17. The molecule has 0 saturated carbocycles. The van der Waals surface area contributed by atoms with E-state index >= 15 is 0 Å². The molecule has 0 aromatic carbocycles. The lowest BCUT2D eigenvalue weighted by atomic mass is 10.2. The third kappa shape index (κ3) is 2.57. The van der Waals surface area contributed by atoms with Crippen LogP contribution in [0.1, 0.15) is 22.4 Å². The summed E-state index contributed by atoms with van der Waals surface area (Å²) in [5.41, 5.74) is 2.50. The molecule has 0 aliphatic carbocycles. The molecular weight excluding hydrogens is 304 g/mol. The molecule has 0 spiro atoms. The van der Waals surface area contributed by atoms with Gasteiger partial charge in [0.25, 0.3) is 0 Å². The average molecular weight is 318 g/mol. The second-order valence-electron chi connectivity index (χ2n) is 4.87. The summed E-state index contributed by atoms with van der Waals surface area (Å²) < 4.78 is 0. The molecule has 0 unspecified atom stereocenters. The van der Waals surface area contributed by atoms with Gasteiger partial charge in [-0.05, 0) is 24.8 Å². The zero-order valence-corrected chi connectivity index (χ0v) is 13.4. The third-order valence-corrected chi connectivity index (χ3v) is 5.61. The first-order valence-corrected chi connectivity index (χ1v) is 8.27. The highest BCUT2D eigenvalue weighted by Crippen LogP contribution is 2.33. The number of nitriles is 1. The number of amidine groups is 1. The van der Waals surface area contributed by atoms with Gasteiger partial charge in [0.05, 0.1) is 18.5 Å². The van der Waals surface area contributed by atoms with Gasteiger partial charge in [-0.1, -0.05) is 11.8 Å². The van der Waals surface area contributed by atoms with Gasteiger partial charge in [-0.15, -0.1) is 11.3 Å². The van der Waals surface area contributed by atoms with Crippen LogP contribution < -0.4 is 5.32 Å². The Balaban J connectivity index is 1.69. The predicted molar refractivity (Wildman–Crippen MR) is 86.4 cm³/mol. The molecule has 1 aromatic rings. The third-order valence-electron chi connectivity index (χ3n) is 3.54. The van der Waals surface area contributed by atoms with Gasteiger partial charge in [0.1, 0.15) is 11.1 Å². The van der Waals surface area contributed by atoms with Gasteiger partial charge in [-0.25, -0.2) is 0 Å². The number of aryl methyl sites for hydroxylation is 1. The highest BCUT2D eigenvalue weighted by molar-refractivity contribution is 8.16. The lowest BCUT2D eigenvalue weighted by molar-refractivity contribution is -0.115. The van der Waals surface area contributed by atoms with E-state index < -0.39 is 0 Å². The molecule has 0 radical (unpaired) electrons. The van der Waals surface area contributed by atoms with Crippen molar-refractivity contribution in [2.45, 2.75) is 20.3 Å². The number of hydrogen-bond acceptors (Lipinski definition) is 6. The SMILES string of the molecule is Cc1sc(NC(=O)CC2=CSC3=NCCN23)c(C#N)c1C. The number of thiophene rings is 1. The van der Waals surface area contributed by atoms with Crippen LogP contribution >= 0.6 is 23.1 Å². The number of thioether (sulfide) groups is 1. The summed E-state index contributed by atoms with van der Waals surface area (Å²) in [5, 5.41) is 15.7. The minimum atomic E-state index is -0.0900. The quantitative estimate of drug-likeness (QED) is 0.930. The average Bonchev–Trinajstić information content (AvgIpc) is 3.09. The van der Waals surface area contributed by atoms with Crippen molar-refractivity contribution >= 4 is 39.2 Å². The van der Waals surface area contributed by atoms with E-state index in [4.69, 9.17) is 0 Å². The number of amides is 1. The molecule has 1 N–H and O–H groups in total. The van der Waals surface area contributed by atoms with Crippen LogP contribution in [0, 0.1) is 25.2 Å². The maximum absolute atomic E-state index is 12.2. The van der Waals surface area contributed by atoms with E-state index in [1.54, 1.807) is 11.8 Å². The number of rotatable bonds is 3. The first kappa shape index (κ1) is 14.2. The van der Waals surface area contributed by atoms with Crippen LogP contribution in [-0.2, 0) is 4.79 Å². The Morgan fingerprint density at radius 2 is 2.38 bits per heavy atom.